The lowest BCUT2D eigenvalue weighted by molar-refractivity contribution is -0.124. The van der Waals surface area contributed by atoms with E-state index in [1.54, 1.807) is 0 Å². The van der Waals surface area contributed by atoms with Crippen LogP contribution in [0.25, 0.3) is 0 Å². The summed E-state index contributed by atoms with van der Waals surface area (Å²) in [7, 11) is 1.30. The molecule has 0 aliphatic carbocycles. The Bertz CT molecular complexity index is 344. The van der Waals surface area contributed by atoms with Crippen LogP contribution >= 0.6 is 0 Å². The first-order chi connectivity index (χ1) is 10.8. The van der Waals surface area contributed by atoms with Gasteiger partial charge < -0.3 is 20.3 Å². The number of ether oxygens (including phenoxy) is 1. The maximum absolute atomic E-state index is 12.4. The van der Waals surface area contributed by atoms with E-state index in [-0.39, 0.29) is 11.9 Å². The van der Waals surface area contributed by atoms with Gasteiger partial charge in [-0.25, -0.2) is 4.79 Å². The Morgan fingerprint density at radius 3 is 2.17 bits per heavy atom. The van der Waals surface area contributed by atoms with Crippen molar-refractivity contribution in [1.82, 2.24) is 15.5 Å². The van der Waals surface area contributed by atoms with Gasteiger partial charge in [0.05, 0.1) is 7.11 Å². The summed E-state index contributed by atoms with van der Waals surface area (Å²) in [5.74, 6) is 0.167. The van der Waals surface area contributed by atoms with Crippen molar-refractivity contribution in [2.75, 3.05) is 26.7 Å². The molecule has 0 radical (unpaired) electrons. The fourth-order valence-electron chi connectivity index (χ4n) is 2.48. The number of methoxy groups -OCH3 is 1. The molecular formula is C17H35N3O3. The number of alkyl carbamates (subject to hydrolysis) is 1. The first kappa shape index (κ1) is 21.7. The molecule has 0 rings (SSSR count). The second-order valence-corrected chi connectivity index (χ2v) is 6.40. The normalized spacial score (nSPS) is 13.7. The summed E-state index contributed by atoms with van der Waals surface area (Å²) in [6, 6.07) is -0.458. The fraction of sp³-hybridized carbons (Fsp3) is 0.882. The van der Waals surface area contributed by atoms with Crippen LogP contribution in [0.3, 0.4) is 0 Å². The van der Waals surface area contributed by atoms with Crippen LogP contribution in [0.2, 0.25) is 0 Å². The van der Waals surface area contributed by atoms with Crippen molar-refractivity contribution in [3.05, 3.63) is 0 Å². The van der Waals surface area contributed by atoms with Gasteiger partial charge in [-0.2, -0.15) is 0 Å². The third-order valence-electron chi connectivity index (χ3n) is 3.90. The SMILES string of the molecule is CCN(CC)CCC[C@@H](C)NC(=O)[C@H](CC(C)C)NC(=O)OC. The highest BCUT2D eigenvalue weighted by Crippen LogP contribution is 2.07. The largest absolute Gasteiger partial charge is 0.453 e. The highest BCUT2D eigenvalue weighted by Gasteiger charge is 2.23. The van der Waals surface area contributed by atoms with E-state index in [1.165, 1.54) is 7.11 Å². The number of hydrogen-bond donors (Lipinski definition) is 2. The average Bonchev–Trinajstić information content (AvgIpc) is 2.50. The summed E-state index contributed by atoms with van der Waals surface area (Å²) >= 11 is 0. The first-order valence-electron chi connectivity index (χ1n) is 8.71. The molecule has 0 heterocycles. The van der Waals surface area contributed by atoms with Gasteiger partial charge in [0.15, 0.2) is 0 Å². The minimum Gasteiger partial charge on any atom is -0.453 e. The molecule has 0 aliphatic rings. The summed E-state index contributed by atoms with van der Waals surface area (Å²) < 4.78 is 4.60. The van der Waals surface area contributed by atoms with Crippen molar-refractivity contribution in [3.8, 4) is 0 Å². The van der Waals surface area contributed by atoms with E-state index in [1.807, 2.05) is 20.8 Å². The summed E-state index contributed by atoms with van der Waals surface area (Å²) in [5, 5.41) is 5.61. The molecule has 2 atom stereocenters. The van der Waals surface area contributed by atoms with Crippen molar-refractivity contribution >= 4 is 12.0 Å². The quantitative estimate of drug-likeness (QED) is 0.610. The second-order valence-electron chi connectivity index (χ2n) is 6.40. The molecule has 0 aromatic rings. The molecule has 6 nitrogen and oxygen atoms in total. The molecule has 0 fully saturated rings. The third kappa shape index (κ3) is 10.2. The standard InChI is InChI=1S/C17H35N3O3/c1-7-20(8-2)11-9-10-14(5)18-16(21)15(12-13(3)4)19-17(22)23-6/h13-15H,7-12H2,1-6H3,(H,18,21)(H,19,22)/t14-,15+/m1/s1. The van der Waals surface area contributed by atoms with Crippen molar-refractivity contribution in [2.45, 2.75) is 66.0 Å². The van der Waals surface area contributed by atoms with Crippen LogP contribution in [0.5, 0.6) is 0 Å². The molecular weight excluding hydrogens is 294 g/mol. The molecule has 6 heteroatoms. The van der Waals surface area contributed by atoms with E-state index >= 15 is 0 Å². The van der Waals surface area contributed by atoms with E-state index in [0.717, 1.165) is 32.5 Å². The van der Waals surface area contributed by atoms with E-state index in [9.17, 15) is 9.59 Å². The molecule has 136 valence electrons. The Morgan fingerprint density at radius 1 is 1.09 bits per heavy atom. The fourth-order valence-corrected chi connectivity index (χ4v) is 2.48. The number of hydrogen-bond acceptors (Lipinski definition) is 4. The molecule has 0 aromatic heterocycles. The van der Waals surface area contributed by atoms with Gasteiger partial charge in [0.25, 0.3) is 0 Å². The van der Waals surface area contributed by atoms with Gasteiger partial charge >= 0.3 is 6.09 Å². The second kappa shape index (κ2) is 12.2. The number of amides is 2. The minimum absolute atomic E-state index is 0.0900. The Labute approximate surface area is 141 Å². The van der Waals surface area contributed by atoms with Crippen LogP contribution in [-0.4, -0.2) is 55.7 Å². The summed E-state index contributed by atoms with van der Waals surface area (Å²) in [4.78, 5) is 26.1. The van der Waals surface area contributed by atoms with Gasteiger partial charge in [0.2, 0.25) is 5.91 Å². The van der Waals surface area contributed by atoms with Crippen LogP contribution < -0.4 is 10.6 Å². The van der Waals surface area contributed by atoms with E-state index in [0.29, 0.717) is 12.3 Å². The summed E-state index contributed by atoms with van der Waals surface area (Å²) in [6.07, 6.45) is 1.99. The third-order valence-corrected chi connectivity index (χ3v) is 3.90. The Balaban J connectivity index is 4.33. The molecule has 0 aromatic carbocycles. The van der Waals surface area contributed by atoms with E-state index in [4.69, 9.17) is 0 Å². The lowest BCUT2D eigenvalue weighted by atomic mass is 10.0. The monoisotopic (exact) mass is 329 g/mol. The van der Waals surface area contributed by atoms with Crippen molar-refractivity contribution < 1.29 is 14.3 Å². The molecule has 2 amide bonds. The number of rotatable bonds is 11. The minimum atomic E-state index is -0.569. The van der Waals surface area contributed by atoms with Gasteiger partial charge in [-0.3, -0.25) is 4.79 Å². The summed E-state index contributed by atoms with van der Waals surface area (Å²) in [6.45, 7) is 13.5. The van der Waals surface area contributed by atoms with Gasteiger partial charge in [-0.1, -0.05) is 27.7 Å². The Morgan fingerprint density at radius 2 is 1.70 bits per heavy atom. The lowest BCUT2D eigenvalue weighted by Gasteiger charge is -2.23. The Kier molecular flexibility index (Phi) is 11.5. The zero-order valence-electron chi connectivity index (χ0n) is 15.6. The number of carbonyl (C=O) groups is 2. The van der Waals surface area contributed by atoms with Crippen LogP contribution in [0.15, 0.2) is 0 Å². The summed E-state index contributed by atoms with van der Waals surface area (Å²) in [5.41, 5.74) is 0. The highest BCUT2D eigenvalue weighted by molar-refractivity contribution is 5.85. The maximum atomic E-state index is 12.4. The van der Waals surface area contributed by atoms with Crippen LogP contribution in [0.1, 0.15) is 53.9 Å². The first-order valence-corrected chi connectivity index (χ1v) is 8.71. The molecule has 0 unspecified atom stereocenters. The number of carbonyl (C=O) groups excluding carboxylic acids is 2. The molecule has 23 heavy (non-hydrogen) atoms. The Hall–Kier alpha value is -1.30. The molecule has 0 saturated carbocycles. The van der Waals surface area contributed by atoms with Gasteiger partial charge in [-0.05, 0) is 51.7 Å². The molecule has 0 aliphatic heterocycles. The van der Waals surface area contributed by atoms with Crippen LogP contribution in [0, 0.1) is 5.92 Å². The van der Waals surface area contributed by atoms with Gasteiger partial charge in [0.1, 0.15) is 6.04 Å². The zero-order chi connectivity index (χ0) is 17.8. The molecule has 0 bridgehead atoms. The molecule has 2 N–H and O–H groups in total. The predicted molar refractivity (Wildman–Crippen MR) is 93.4 cm³/mol. The average molecular weight is 329 g/mol. The predicted octanol–water partition coefficient (Wildman–Crippen LogP) is 2.38. The smallest absolute Gasteiger partial charge is 0.407 e. The highest BCUT2D eigenvalue weighted by atomic mass is 16.5. The number of nitrogens with zero attached hydrogens (tertiary/aromatic N) is 1. The van der Waals surface area contributed by atoms with Gasteiger partial charge in [0, 0.05) is 6.04 Å². The van der Waals surface area contributed by atoms with E-state index in [2.05, 4.69) is 34.1 Å². The van der Waals surface area contributed by atoms with E-state index < -0.39 is 12.1 Å². The topological polar surface area (TPSA) is 70.7 Å². The molecule has 0 saturated heterocycles. The zero-order valence-corrected chi connectivity index (χ0v) is 15.6. The van der Waals surface area contributed by atoms with Crippen molar-refractivity contribution in [1.29, 1.82) is 0 Å². The van der Waals surface area contributed by atoms with Crippen molar-refractivity contribution in [2.24, 2.45) is 5.92 Å². The van der Waals surface area contributed by atoms with Crippen LogP contribution in [-0.2, 0) is 9.53 Å². The van der Waals surface area contributed by atoms with Gasteiger partial charge in [-0.15, -0.1) is 0 Å². The van der Waals surface area contributed by atoms with Crippen molar-refractivity contribution in [3.63, 3.8) is 0 Å². The lowest BCUT2D eigenvalue weighted by Crippen LogP contribution is -2.49. The molecule has 0 spiro atoms. The maximum Gasteiger partial charge on any atom is 0.407 e. The number of nitrogens with one attached hydrogen (secondary N) is 2. The van der Waals surface area contributed by atoms with Crippen LogP contribution in [0.4, 0.5) is 4.79 Å².